The molecule has 2 heterocycles. The fourth-order valence-electron chi connectivity index (χ4n) is 5.40. The maximum atomic E-state index is 13.2. The lowest BCUT2D eigenvalue weighted by Gasteiger charge is -2.13. The summed E-state index contributed by atoms with van der Waals surface area (Å²) in [5.74, 6) is 0.847. The third-order valence-corrected chi connectivity index (χ3v) is 7.22. The summed E-state index contributed by atoms with van der Waals surface area (Å²) < 4.78 is 3.82. The van der Waals surface area contributed by atoms with Crippen LogP contribution in [-0.4, -0.2) is 51.4 Å². The molecule has 184 valence electrons. The van der Waals surface area contributed by atoms with Crippen molar-refractivity contribution in [3.63, 3.8) is 0 Å². The third kappa shape index (κ3) is 4.52. The Hall–Kier alpha value is -3.32. The van der Waals surface area contributed by atoms with Crippen molar-refractivity contribution >= 4 is 16.9 Å². The molecule has 35 heavy (non-hydrogen) atoms. The zero-order valence-corrected chi connectivity index (χ0v) is 21.3. The first-order valence-electron chi connectivity index (χ1n) is 12.7. The summed E-state index contributed by atoms with van der Waals surface area (Å²) >= 11 is 0. The number of hydrogen-bond donors (Lipinski definition) is 2. The summed E-state index contributed by atoms with van der Waals surface area (Å²) in [4.78, 5) is 15.4. The highest BCUT2D eigenvalue weighted by atomic mass is 16.1. The van der Waals surface area contributed by atoms with Gasteiger partial charge in [0, 0.05) is 25.2 Å². The molecule has 5 rings (SSSR count). The highest BCUT2D eigenvalue weighted by Gasteiger charge is 2.24. The highest BCUT2D eigenvalue weighted by molar-refractivity contribution is 5.92. The molecule has 1 aliphatic rings. The van der Waals surface area contributed by atoms with Gasteiger partial charge in [-0.05, 0) is 70.6 Å². The minimum absolute atomic E-state index is 0.0807. The van der Waals surface area contributed by atoms with Crippen molar-refractivity contribution in [1.29, 1.82) is 0 Å². The molecule has 0 unspecified atom stereocenters. The predicted octanol–water partition coefficient (Wildman–Crippen LogP) is 5.18. The fraction of sp³-hybridized carbons (Fsp3) is 0.429. The Kier molecular flexibility index (Phi) is 6.52. The predicted molar refractivity (Wildman–Crippen MR) is 144 cm³/mol. The summed E-state index contributed by atoms with van der Waals surface area (Å²) in [6.07, 6.45) is 5.59. The minimum atomic E-state index is 0.0807. The average molecular weight is 473 g/mol. The summed E-state index contributed by atoms with van der Waals surface area (Å²) in [6.45, 7) is 3.95. The number of nitrogens with one attached hydrogen (secondary N) is 2. The summed E-state index contributed by atoms with van der Waals surface area (Å²) in [5, 5.41) is 11.5. The van der Waals surface area contributed by atoms with E-state index in [0.717, 1.165) is 71.6 Å². The monoisotopic (exact) mass is 472 g/mol. The third-order valence-electron chi connectivity index (χ3n) is 7.22. The summed E-state index contributed by atoms with van der Waals surface area (Å²) in [6, 6.07) is 15.2. The molecule has 7 nitrogen and oxygen atoms in total. The van der Waals surface area contributed by atoms with Crippen LogP contribution in [0.4, 0.5) is 5.82 Å². The van der Waals surface area contributed by atoms with Gasteiger partial charge in [-0.3, -0.25) is 14.2 Å². The number of aromatic nitrogens is 4. The van der Waals surface area contributed by atoms with Gasteiger partial charge in [0.25, 0.3) is 0 Å². The Balaban J connectivity index is 1.60. The van der Waals surface area contributed by atoms with Gasteiger partial charge >= 0.3 is 5.69 Å². The molecule has 0 aliphatic heterocycles. The zero-order chi connectivity index (χ0) is 24.5. The van der Waals surface area contributed by atoms with E-state index >= 15 is 0 Å². The van der Waals surface area contributed by atoms with Gasteiger partial charge in [0.15, 0.2) is 5.82 Å². The van der Waals surface area contributed by atoms with E-state index in [1.807, 2.05) is 11.6 Å². The van der Waals surface area contributed by atoms with Crippen molar-refractivity contribution in [2.24, 2.45) is 7.05 Å². The molecule has 0 radical (unpaired) electrons. The summed E-state index contributed by atoms with van der Waals surface area (Å²) in [5.41, 5.74) is 7.46. The lowest BCUT2D eigenvalue weighted by atomic mass is 9.99. The molecule has 0 saturated heterocycles. The van der Waals surface area contributed by atoms with Gasteiger partial charge in [0.05, 0.1) is 22.3 Å². The number of imidazole rings is 1. The molecule has 4 aromatic rings. The van der Waals surface area contributed by atoms with E-state index in [4.69, 9.17) is 0 Å². The fourth-order valence-corrected chi connectivity index (χ4v) is 5.40. The van der Waals surface area contributed by atoms with Gasteiger partial charge in [0.1, 0.15) is 0 Å². The Morgan fingerprint density at radius 2 is 1.89 bits per heavy atom. The van der Waals surface area contributed by atoms with E-state index in [1.54, 1.807) is 4.57 Å². The van der Waals surface area contributed by atoms with Crippen LogP contribution in [0.25, 0.3) is 33.4 Å². The van der Waals surface area contributed by atoms with Crippen LogP contribution in [0.5, 0.6) is 0 Å². The average Bonchev–Trinajstić information content (AvgIpc) is 3.56. The van der Waals surface area contributed by atoms with Crippen LogP contribution >= 0.6 is 0 Å². The molecule has 0 amide bonds. The van der Waals surface area contributed by atoms with E-state index in [2.05, 4.69) is 83.9 Å². The number of H-pyrrole nitrogens is 1. The van der Waals surface area contributed by atoms with E-state index in [1.165, 1.54) is 18.4 Å². The van der Waals surface area contributed by atoms with Crippen molar-refractivity contribution in [2.75, 3.05) is 32.5 Å². The standard InChI is InChI=1S/C28H36N6O/c1-19-9-7-10-21(17-19)26-25(27(31-30-26)29-15-8-16-32(2)3)20-13-14-23-24(18-20)33(4)28(35)34(23)22-11-5-6-12-22/h7,9-10,13-14,17-18,22H,5-6,8,11-12,15-16H2,1-4H3,(H2,29,30,31). The Labute approximate surface area is 206 Å². The molecule has 1 saturated carbocycles. The number of aromatic amines is 1. The second-order valence-corrected chi connectivity index (χ2v) is 10.1. The second-order valence-electron chi connectivity index (χ2n) is 10.1. The minimum Gasteiger partial charge on any atom is -0.368 e. The van der Waals surface area contributed by atoms with Crippen LogP contribution in [0, 0.1) is 6.92 Å². The molecule has 2 aromatic carbocycles. The van der Waals surface area contributed by atoms with Gasteiger partial charge in [-0.1, -0.05) is 42.7 Å². The van der Waals surface area contributed by atoms with Crippen LogP contribution in [-0.2, 0) is 7.05 Å². The summed E-state index contributed by atoms with van der Waals surface area (Å²) in [7, 11) is 6.07. The Bertz CT molecular complexity index is 1390. The topological polar surface area (TPSA) is 70.9 Å². The van der Waals surface area contributed by atoms with Gasteiger partial charge in [-0.25, -0.2) is 4.79 Å². The molecule has 0 bridgehead atoms. The Morgan fingerprint density at radius 3 is 2.63 bits per heavy atom. The molecular weight excluding hydrogens is 436 g/mol. The molecule has 2 N–H and O–H groups in total. The first-order valence-corrected chi connectivity index (χ1v) is 12.7. The molecule has 0 spiro atoms. The van der Waals surface area contributed by atoms with Gasteiger partial charge in [-0.15, -0.1) is 0 Å². The normalized spacial score (nSPS) is 14.4. The van der Waals surface area contributed by atoms with Gasteiger partial charge in [-0.2, -0.15) is 5.10 Å². The van der Waals surface area contributed by atoms with Crippen molar-refractivity contribution < 1.29 is 0 Å². The number of rotatable bonds is 8. The number of aryl methyl sites for hydroxylation is 2. The lowest BCUT2D eigenvalue weighted by molar-refractivity contribution is 0.405. The van der Waals surface area contributed by atoms with Crippen LogP contribution in [0.3, 0.4) is 0 Å². The number of anilines is 1. The molecular formula is C28H36N6O. The van der Waals surface area contributed by atoms with Gasteiger partial charge < -0.3 is 10.2 Å². The molecule has 7 heteroatoms. The van der Waals surface area contributed by atoms with Crippen LogP contribution in [0.1, 0.15) is 43.7 Å². The number of fused-ring (bicyclic) bond motifs is 1. The van der Waals surface area contributed by atoms with Crippen LogP contribution in [0.15, 0.2) is 47.3 Å². The maximum Gasteiger partial charge on any atom is 0.329 e. The largest absolute Gasteiger partial charge is 0.368 e. The molecule has 0 atom stereocenters. The van der Waals surface area contributed by atoms with Crippen molar-refractivity contribution in [3.8, 4) is 22.4 Å². The van der Waals surface area contributed by atoms with E-state index < -0.39 is 0 Å². The lowest BCUT2D eigenvalue weighted by Crippen LogP contribution is -2.24. The molecule has 2 aromatic heterocycles. The van der Waals surface area contributed by atoms with Crippen molar-refractivity contribution in [3.05, 3.63) is 58.5 Å². The van der Waals surface area contributed by atoms with Crippen molar-refractivity contribution in [2.45, 2.75) is 45.1 Å². The Morgan fingerprint density at radius 1 is 1.09 bits per heavy atom. The van der Waals surface area contributed by atoms with Crippen molar-refractivity contribution in [1.82, 2.24) is 24.2 Å². The van der Waals surface area contributed by atoms with Gasteiger partial charge in [0.2, 0.25) is 0 Å². The van der Waals surface area contributed by atoms with Crippen LogP contribution in [0.2, 0.25) is 0 Å². The quantitative estimate of drug-likeness (QED) is 0.347. The first-order chi connectivity index (χ1) is 16.9. The highest BCUT2D eigenvalue weighted by Crippen LogP contribution is 2.38. The first kappa shape index (κ1) is 23.4. The number of hydrogen-bond acceptors (Lipinski definition) is 4. The number of nitrogens with zero attached hydrogens (tertiary/aromatic N) is 4. The second kappa shape index (κ2) is 9.74. The number of benzene rings is 2. The molecule has 1 fully saturated rings. The smallest absolute Gasteiger partial charge is 0.329 e. The van der Waals surface area contributed by atoms with E-state index in [0.29, 0.717) is 6.04 Å². The van der Waals surface area contributed by atoms with E-state index in [9.17, 15) is 4.79 Å². The zero-order valence-electron chi connectivity index (χ0n) is 21.3. The maximum absolute atomic E-state index is 13.2. The SMILES string of the molecule is Cc1cccc(-c2[nH]nc(NCCCN(C)C)c2-c2ccc3c(c2)n(C)c(=O)n3C2CCCC2)c1. The van der Waals surface area contributed by atoms with E-state index in [-0.39, 0.29) is 5.69 Å². The van der Waals surface area contributed by atoms with Crippen LogP contribution < -0.4 is 11.0 Å². The molecule has 1 aliphatic carbocycles.